The molecular formula is C14H23N3O. The Morgan fingerprint density at radius 1 is 1.50 bits per heavy atom. The summed E-state index contributed by atoms with van der Waals surface area (Å²) in [6.07, 6.45) is 8.20. The third kappa shape index (κ3) is 2.35. The lowest BCUT2D eigenvalue weighted by atomic mass is 9.86. The lowest BCUT2D eigenvalue weighted by molar-refractivity contribution is -0.0609. The minimum absolute atomic E-state index is 0.119. The highest BCUT2D eigenvalue weighted by atomic mass is 16.5. The van der Waals surface area contributed by atoms with E-state index in [4.69, 9.17) is 10.5 Å². The first kappa shape index (κ1) is 13.3. The van der Waals surface area contributed by atoms with Crippen LogP contribution >= 0.6 is 0 Å². The number of hydrogen-bond acceptors (Lipinski definition) is 4. The monoisotopic (exact) mass is 249 g/mol. The van der Waals surface area contributed by atoms with E-state index in [2.05, 4.69) is 17.2 Å². The van der Waals surface area contributed by atoms with Gasteiger partial charge in [-0.25, -0.2) is 0 Å². The number of nitrogens with two attached hydrogens (primary N) is 1. The number of anilines is 1. The SMILES string of the molecule is CCOC1(C(NC)c2cnccc2N)CCCC1. The van der Waals surface area contributed by atoms with Gasteiger partial charge in [0.05, 0.1) is 11.6 Å². The van der Waals surface area contributed by atoms with E-state index < -0.39 is 0 Å². The molecule has 0 spiro atoms. The van der Waals surface area contributed by atoms with Crippen LogP contribution in [0.5, 0.6) is 0 Å². The maximum atomic E-state index is 6.11. The van der Waals surface area contributed by atoms with Crippen LogP contribution in [0.4, 0.5) is 5.69 Å². The molecule has 1 aromatic rings. The number of aromatic nitrogens is 1. The van der Waals surface area contributed by atoms with Gasteiger partial charge in [0.1, 0.15) is 0 Å². The van der Waals surface area contributed by atoms with E-state index in [1.54, 1.807) is 6.20 Å². The number of nitrogens with zero attached hydrogens (tertiary/aromatic N) is 1. The molecule has 4 heteroatoms. The topological polar surface area (TPSA) is 60.2 Å². The summed E-state index contributed by atoms with van der Waals surface area (Å²) in [6.45, 7) is 2.79. The molecule has 1 aromatic heterocycles. The van der Waals surface area contributed by atoms with E-state index in [9.17, 15) is 0 Å². The van der Waals surface area contributed by atoms with Crippen molar-refractivity contribution in [2.24, 2.45) is 0 Å². The van der Waals surface area contributed by atoms with Crippen molar-refractivity contribution in [2.45, 2.75) is 44.2 Å². The Morgan fingerprint density at radius 2 is 2.22 bits per heavy atom. The second kappa shape index (κ2) is 5.67. The summed E-state index contributed by atoms with van der Waals surface area (Å²) < 4.78 is 6.11. The second-order valence-corrected chi connectivity index (χ2v) is 4.93. The van der Waals surface area contributed by atoms with Gasteiger partial charge in [-0.2, -0.15) is 0 Å². The zero-order valence-corrected chi connectivity index (χ0v) is 11.3. The Kier molecular flexibility index (Phi) is 4.19. The maximum Gasteiger partial charge on any atom is 0.0877 e. The van der Waals surface area contributed by atoms with Gasteiger partial charge < -0.3 is 15.8 Å². The number of ether oxygens (including phenoxy) is 1. The average Bonchev–Trinajstić information content (AvgIpc) is 2.82. The molecule has 0 aliphatic heterocycles. The van der Waals surface area contributed by atoms with Gasteiger partial charge in [0.2, 0.25) is 0 Å². The fourth-order valence-corrected chi connectivity index (χ4v) is 3.14. The Hall–Kier alpha value is -1.13. The van der Waals surface area contributed by atoms with Crippen LogP contribution < -0.4 is 11.1 Å². The van der Waals surface area contributed by atoms with E-state index in [0.29, 0.717) is 0 Å². The van der Waals surface area contributed by atoms with Crippen molar-refractivity contribution in [3.63, 3.8) is 0 Å². The van der Waals surface area contributed by atoms with Crippen LogP contribution in [-0.4, -0.2) is 24.2 Å². The zero-order chi connectivity index (χ0) is 13.0. The van der Waals surface area contributed by atoms with Crippen molar-refractivity contribution in [3.8, 4) is 0 Å². The summed E-state index contributed by atoms with van der Waals surface area (Å²) in [7, 11) is 1.97. The van der Waals surface area contributed by atoms with Crippen molar-refractivity contribution in [1.82, 2.24) is 10.3 Å². The smallest absolute Gasteiger partial charge is 0.0877 e. The van der Waals surface area contributed by atoms with Gasteiger partial charge in [0, 0.05) is 30.3 Å². The fraction of sp³-hybridized carbons (Fsp3) is 0.643. The van der Waals surface area contributed by atoms with Gasteiger partial charge in [0.15, 0.2) is 0 Å². The van der Waals surface area contributed by atoms with E-state index >= 15 is 0 Å². The molecule has 1 aliphatic rings. The molecule has 3 N–H and O–H groups in total. The number of nitrogens with one attached hydrogen (secondary N) is 1. The predicted molar refractivity (Wildman–Crippen MR) is 73.3 cm³/mol. The predicted octanol–water partition coefficient (Wildman–Crippen LogP) is 2.27. The van der Waals surface area contributed by atoms with E-state index in [0.717, 1.165) is 30.7 Å². The quantitative estimate of drug-likeness (QED) is 0.840. The highest BCUT2D eigenvalue weighted by Gasteiger charge is 2.43. The van der Waals surface area contributed by atoms with Crippen LogP contribution in [0, 0.1) is 0 Å². The Labute approximate surface area is 109 Å². The van der Waals surface area contributed by atoms with Crippen LogP contribution in [0.1, 0.15) is 44.2 Å². The van der Waals surface area contributed by atoms with Gasteiger partial charge in [-0.1, -0.05) is 12.8 Å². The highest BCUT2D eigenvalue weighted by Crippen LogP contribution is 2.43. The summed E-state index contributed by atoms with van der Waals surface area (Å²) in [5, 5.41) is 3.38. The standard InChI is InChI=1S/C14H23N3O/c1-3-18-14(7-4-5-8-14)13(16-2)11-10-17-9-6-12(11)15/h6,9-10,13,16H,3-5,7-8H2,1-2H3,(H2,15,17). The summed E-state index contributed by atoms with van der Waals surface area (Å²) in [4.78, 5) is 4.20. The Bertz CT molecular complexity index is 388. The minimum Gasteiger partial charge on any atom is -0.398 e. The number of hydrogen-bond donors (Lipinski definition) is 2. The molecule has 18 heavy (non-hydrogen) atoms. The molecule has 1 unspecified atom stereocenters. The lowest BCUT2D eigenvalue weighted by Gasteiger charge is -2.37. The van der Waals surface area contributed by atoms with E-state index in [-0.39, 0.29) is 11.6 Å². The summed E-state index contributed by atoms with van der Waals surface area (Å²) in [5.74, 6) is 0. The maximum absolute atomic E-state index is 6.11. The van der Waals surface area contributed by atoms with E-state index in [1.807, 2.05) is 19.3 Å². The fourth-order valence-electron chi connectivity index (χ4n) is 3.14. The number of pyridine rings is 1. The molecule has 1 heterocycles. The van der Waals surface area contributed by atoms with Crippen LogP contribution in [0.25, 0.3) is 0 Å². The Morgan fingerprint density at radius 3 is 2.78 bits per heavy atom. The molecule has 0 aromatic carbocycles. The van der Waals surface area contributed by atoms with Gasteiger partial charge in [0.25, 0.3) is 0 Å². The van der Waals surface area contributed by atoms with E-state index in [1.165, 1.54) is 12.8 Å². The molecule has 1 saturated carbocycles. The third-order valence-corrected chi connectivity index (χ3v) is 3.89. The molecule has 1 aliphatic carbocycles. The first-order valence-electron chi connectivity index (χ1n) is 6.74. The van der Waals surface area contributed by atoms with Crippen molar-refractivity contribution in [1.29, 1.82) is 0 Å². The van der Waals surface area contributed by atoms with Crippen molar-refractivity contribution < 1.29 is 4.74 Å². The number of rotatable bonds is 5. The second-order valence-electron chi connectivity index (χ2n) is 4.93. The van der Waals surface area contributed by atoms with Gasteiger partial charge >= 0.3 is 0 Å². The minimum atomic E-state index is -0.124. The number of likely N-dealkylation sites (N-methyl/N-ethyl adjacent to an activating group) is 1. The molecule has 100 valence electrons. The number of nitrogen functional groups attached to an aromatic ring is 1. The van der Waals surface area contributed by atoms with Crippen molar-refractivity contribution in [2.75, 3.05) is 19.4 Å². The van der Waals surface area contributed by atoms with Crippen LogP contribution in [-0.2, 0) is 4.74 Å². The summed E-state index contributed by atoms with van der Waals surface area (Å²) >= 11 is 0. The van der Waals surface area contributed by atoms with Gasteiger partial charge in [-0.3, -0.25) is 4.98 Å². The average molecular weight is 249 g/mol. The van der Waals surface area contributed by atoms with Crippen LogP contribution in [0.15, 0.2) is 18.5 Å². The summed E-state index contributed by atoms with van der Waals surface area (Å²) in [6, 6.07) is 1.97. The third-order valence-electron chi connectivity index (χ3n) is 3.89. The van der Waals surface area contributed by atoms with Crippen LogP contribution in [0.3, 0.4) is 0 Å². The zero-order valence-electron chi connectivity index (χ0n) is 11.3. The normalized spacial score (nSPS) is 19.9. The molecule has 2 rings (SSSR count). The summed E-state index contributed by atoms with van der Waals surface area (Å²) in [5.41, 5.74) is 7.80. The first-order chi connectivity index (χ1) is 8.73. The Balaban J connectivity index is 2.34. The van der Waals surface area contributed by atoms with Crippen molar-refractivity contribution in [3.05, 3.63) is 24.0 Å². The van der Waals surface area contributed by atoms with Gasteiger partial charge in [-0.15, -0.1) is 0 Å². The molecule has 0 bridgehead atoms. The molecule has 1 atom stereocenters. The molecular weight excluding hydrogens is 226 g/mol. The highest BCUT2D eigenvalue weighted by molar-refractivity contribution is 5.47. The molecule has 0 radical (unpaired) electrons. The molecule has 0 amide bonds. The lowest BCUT2D eigenvalue weighted by Crippen LogP contribution is -2.43. The van der Waals surface area contributed by atoms with Crippen molar-refractivity contribution >= 4 is 5.69 Å². The van der Waals surface area contributed by atoms with Crippen LogP contribution in [0.2, 0.25) is 0 Å². The molecule has 4 nitrogen and oxygen atoms in total. The molecule has 1 fully saturated rings. The van der Waals surface area contributed by atoms with Gasteiger partial charge in [-0.05, 0) is 32.9 Å². The first-order valence-corrected chi connectivity index (χ1v) is 6.74. The largest absolute Gasteiger partial charge is 0.398 e. The molecule has 0 saturated heterocycles.